The maximum atomic E-state index is 14.2. The molecule has 236 valence electrons. The van der Waals surface area contributed by atoms with Crippen molar-refractivity contribution < 1.29 is 27.5 Å². The third kappa shape index (κ3) is 8.24. The predicted octanol–water partition coefficient (Wildman–Crippen LogP) is 5.81. The number of halogens is 1. The monoisotopic (exact) mass is 641 g/mol. The highest BCUT2D eigenvalue weighted by molar-refractivity contribution is 7.92. The third-order valence-electron chi connectivity index (χ3n) is 7.75. The number of anilines is 1. The molecular weight excluding hydrogens is 602 g/mol. The zero-order valence-electron chi connectivity index (χ0n) is 25.4. The minimum Gasteiger partial charge on any atom is -0.497 e. The van der Waals surface area contributed by atoms with Crippen LogP contribution in [0.1, 0.15) is 51.5 Å². The van der Waals surface area contributed by atoms with Crippen molar-refractivity contribution in [3.8, 4) is 11.5 Å². The maximum Gasteiger partial charge on any atom is 0.264 e. The lowest BCUT2D eigenvalue weighted by molar-refractivity contribution is -0.139. The van der Waals surface area contributed by atoms with Gasteiger partial charge < -0.3 is 19.7 Å². The number of carbonyl (C=O) groups is 2. The number of hydrogen-bond acceptors (Lipinski definition) is 6. The van der Waals surface area contributed by atoms with Gasteiger partial charge in [0.2, 0.25) is 11.8 Å². The summed E-state index contributed by atoms with van der Waals surface area (Å²) in [6.07, 6.45) is 5.03. The standard InChI is InChI=1S/C33H40ClN3O6S/c1-4-43-31-13-9-8-12-30(31)37(44(40,41)29-20-16-26(34)17-21-29)23-32(38)36(22-25-14-18-28(42-3)19-15-25)24(2)33(39)35-27-10-6-5-7-11-27/h8-9,12-21,24,27H,4-7,10-11,22-23H2,1-3H3,(H,35,39)/t24-/m1/s1. The molecule has 1 aliphatic carbocycles. The minimum absolute atomic E-state index is 0.0363. The SMILES string of the molecule is CCOc1ccccc1N(CC(=O)N(Cc1ccc(OC)cc1)[C@H](C)C(=O)NC1CCCCC1)S(=O)(=O)c1ccc(Cl)cc1. The van der Waals surface area contributed by atoms with Gasteiger partial charge in [0.1, 0.15) is 24.1 Å². The zero-order valence-corrected chi connectivity index (χ0v) is 26.9. The molecule has 3 aromatic rings. The molecule has 2 amide bonds. The van der Waals surface area contributed by atoms with E-state index in [0.29, 0.717) is 23.1 Å². The second-order valence-electron chi connectivity index (χ2n) is 10.8. The van der Waals surface area contributed by atoms with Gasteiger partial charge >= 0.3 is 0 Å². The van der Waals surface area contributed by atoms with Crippen LogP contribution in [-0.4, -0.2) is 57.5 Å². The lowest BCUT2D eigenvalue weighted by Crippen LogP contribution is -2.53. The molecule has 0 spiro atoms. The number of methoxy groups -OCH3 is 1. The summed E-state index contributed by atoms with van der Waals surface area (Å²) in [4.78, 5) is 29.1. The molecule has 0 unspecified atom stereocenters. The van der Waals surface area contributed by atoms with E-state index in [-0.39, 0.29) is 29.1 Å². The van der Waals surface area contributed by atoms with Crippen LogP contribution in [0, 0.1) is 0 Å². The number of ether oxygens (including phenoxy) is 2. The lowest BCUT2D eigenvalue weighted by Gasteiger charge is -2.33. The van der Waals surface area contributed by atoms with E-state index < -0.39 is 28.5 Å². The van der Waals surface area contributed by atoms with Crippen LogP contribution in [0.5, 0.6) is 11.5 Å². The van der Waals surface area contributed by atoms with Crippen LogP contribution in [0.2, 0.25) is 5.02 Å². The Bertz CT molecular complexity index is 1510. The Balaban J connectivity index is 1.71. The second-order valence-corrected chi connectivity index (χ2v) is 13.1. The van der Waals surface area contributed by atoms with Crippen molar-refractivity contribution in [3.63, 3.8) is 0 Å². The highest BCUT2D eigenvalue weighted by Crippen LogP contribution is 2.33. The summed E-state index contributed by atoms with van der Waals surface area (Å²) in [6, 6.07) is 18.8. The van der Waals surface area contributed by atoms with Gasteiger partial charge in [-0.1, -0.05) is 55.1 Å². The number of nitrogens with zero attached hydrogens (tertiary/aromatic N) is 2. The second kappa shape index (κ2) is 15.3. The molecule has 0 aliphatic heterocycles. The molecule has 11 heteroatoms. The molecule has 0 radical (unpaired) electrons. The first-order valence-electron chi connectivity index (χ1n) is 14.9. The number of rotatable bonds is 13. The smallest absolute Gasteiger partial charge is 0.264 e. The maximum absolute atomic E-state index is 14.2. The summed E-state index contributed by atoms with van der Waals surface area (Å²) in [5, 5.41) is 3.49. The molecule has 0 aromatic heterocycles. The Kier molecular flexibility index (Phi) is 11.5. The number of para-hydroxylation sites is 2. The van der Waals surface area contributed by atoms with Crippen molar-refractivity contribution in [3.05, 3.63) is 83.4 Å². The van der Waals surface area contributed by atoms with Gasteiger partial charge in [0.25, 0.3) is 10.0 Å². The van der Waals surface area contributed by atoms with E-state index in [9.17, 15) is 18.0 Å². The number of nitrogens with one attached hydrogen (secondary N) is 1. The van der Waals surface area contributed by atoms with Gasteiger partial charge in [-0.25, -0.2) is 8.42 Å². The largest absolute Gasteiger partial charge is 0.497 e. The first-order valence-corrected chi connectivity index (χ1v) is 16.7. The first kappa shape index (κ1) is 33.1. The molecule has 44 heavy (non-hydrogen) atoms. The summed E-state index contributed by atoms with van der Waals surface area (Å²) in [5.74, 6) is 0.143. The van der Waals surface area contributed by atoms with Crippen LogP contribution in [0.25, 0.3) is 0 Å². The highest BCUT2D eigenvalue weighted by atomic mass is 35.5. The Morgan fingerprint density at radius 3 is 2.27 bits per heavy atom. The summed E-state index contributed by atoms with van der Waals surface area (Å²) < 4.78 is 40.3. The fourth-order valence-electron chi connectivity index (χ4n) is 5.27. The Morgan fingerprint density at radius 2 is 1.64 bits per heavy atom. The Hall–Kier alpha value is -3.76. The van der Waals surface area contributed by atoms with Crippen molar-refractivity contribution in [1.82, 2.24) is 10.2 Å². The number of carbonyl (C=O) groups excluding carboxylic acids is 2. The number of hydrogen-bond donors (Lipinski definition) is 1. The van der Waals surface area contributed by atoms with Crippen molar-refractivity contribution in [2.45, 2.75) is 69.5 Å². The average Bonchev–Trinajstić information content (AvgIpc) is 3.03. The van der Waals surface area contributed by atoms with E-state index in [1.807, 2.05) is 12.1 Å². The van der Waals surface area contributed by atoms with E-state index in [2.05, 4.69) is 5.32 Å². The van der Waals surface area contributed by atoms with E-state index >= 15 is 0 Å². The van der Waals surface area contributed by atoms with Gasteiger partial charge in [-0.05, 0) is 80.8 Å². The molecular formula is C33H40ClN3O6S. The summed E-state index contributed by atoms with van der Waals surface area (Å²) in [7, 11) is -2.69. The molecule has 4 rings (SSSR count). The normalized spacial score (nSPS) is 14.4. The molecule has 1 saturated carbocycles. The van der Waals surface area contributed by atoms with Crippen molar-refractivity contribution in [2.75, 3.05) is 24.6 Å². The van der Waals surface area contributed by atoms with Crippen LogP contribution in [0.3, 0.4) is 0 Å². The number of sulfonamides is 1. The summed E-state index contributed by atoms with van der Waals surface area (Å²) in [5.41, 5.74) is 0.972. The predicted molar refractivity (Wildman–Crippen MR) is 172 cm³/mol. The van der Waals surface area contributed by atoms with Crippen LogP contribution < -0.4 is 19.1 Å². The molecule has 1 atom stereocenters. The fourth-order valence-corrected chi connectivity index (χ4v) is 6.82. The Morgan fingerprint density at radius 1 is 0.977 bits per heavy atom. The van der Waals surface area contributed by atoms with E-state index in [1.165, 1.54) is 29.2 Å². The van der Waals surface area contributed by atoms with Gasteiger partial charge in [0.15, 0.2) is 0 Å². The quantitative estimate of drug-likeness (QED) is 0.253. The molecule has 9 nitrogen and oxygen atoms in total. The van der Waals surface area contributed by atoms with Gasteiger partial charge in [0.05, 0.1) is 24.3 Å². The van der Waals surface area contributed by atoms with Gasteiger partial charge in [-0.2, -0.15) is 0 Å². The van der Waals surface area contributed by atoms with Gasteiger partial charge in [-0.15, -0.1) is 0 Å². The first-order chi connectivity index (χ1) is 21.1. The van der Waals surface area contributed by atoms with Crippen molar-refractivity contribution in [1.29, 1.82) is 0 Å². The van der Waals surface area contributed by atoms with Crippen LogP contribution >= 0.6 is 11.6 Å². The number of amides is 2. The molecule has 0 saturated heterocycles. The van der Waals surface area contributed by atoms with E-state index in [1.54, 1.807) is 57.4 Å². The molecule has 0 bridgehead atoms. The molecule has 3 aromatic carbocycles. The van der Waals surface area contributed by atoms with Crippen molar-refractivity contribution in [2.24, 2.45) is 0 Å². The highest BCUT2D eigenvalue weighted by Gasteiger charge is 2.34. The minimum atomic E-state index is -4.26. The third-order valence-corrected chi connectivity index (χ3v) is 9.77. The van der Waals surface area contributed by atoms with Gasteiger partial charge in [-0.3, -0.25) is 13.9 Å². The summed E-state index contributed by atoms with van der Waals surface area (Å²) in [6.45, 7) is 3.28. The van der Waals surface area contributed by atoms with Crippen LogP contribution in [0.15, 0.2) is 77.7 Å². The van der Waals surface area contributed by atoms with E-state index in [4.69, 9.17) is 21.1 Å². The van der Waals surface area contributed by atoms with E-state index in [0.717, 1.165) is 42.0 Å². The molecule has 1 fully saturated rings. The van der Waals surface area contributed by atoms with Crippen LogP contribution in [-0.2, 0) is 26.2 Å². The molecule has 1 N–H and O–H groups in total. The number of benzene rings is 3. The lowest BCUT2D eigenvalue weighted by atomic mass is 9.95. The van der Waals surface area contributed by atoms with Crippen molar-refractivity contribution >= 4 is 39.1 Å². The van der Waals surface area contributed by atoms with Gasteiger partial charge in [0, 0.05) is 17.6 Å². The summed E-state index contributed by atoms with van der Waals surface area (Å²) >= 11 is 6.05. The average molecular weight is 642 g/mol. The van der Waals surface area contributed by atoms with Crippen LogP contribution in [0.4, 0.5) is 5.69 Å². The fraction of sp³-hybridized carbons (Fsp3) is 0.394. The topological polar surface area (TPSA) is 105 Å². The molecule has 1 aliphatic rings. The Labute approximate surface area is 265 Å². The molecule has 0 heterocycles. The zero-order chi connectivity index (χ0) is 31.7.